The molecule has 1 aliphatic carbocycles. The zero-order valence-corrected chi connectivity index (χ0v) is 23.3. The van der Waals surface area contributed by atoms with Gasteiger partial charge in [-0.25, -0.2) is 18.6 Å². The number of ether oxygens (including phenoxy) is 1. The van der Waals surface area contributed by atoms with Crippen LogP contribution in [0.2, 0.25) is 0 Å². The molecule has 13 heteroatoms. The second-order valence-electron chi connectivity index (χ2n) is 11.2. The van der Waals surface area contributed by atoms with E-state index in [2.05, 4.69) is 30.8 Å². The summed E-state index contributed by atoms with van der Waals surface area (Å²) in [5.74, 6) is 0.760. The van der Waals surface area contributed by atoms with Gasteiger partial charge in [0, 0.05) is 24.3 Å². The Kier molecular flexibility index (Phi) is 8.60. The maximum atomic E-state index is 13.1. The first kappa shape index (κ1) is 29.3. The molecule has 0 aromatic carbocycles. The third kappa shape index (κ3) is 6.74. The molecule has 1 unspecified atom stereocenters. The first-order valence-electron chi connectivity index (χ1n) is 13.3. The molecule has 0 radical (unpaired) electrons. The lowest BCUT2D eigenvalue weighted by molar-refractivity contribution is -0.189. The number of anilines is 1. The summed E-state index contributed by atoms with van der Waals surface area (Å²) in [6.45, 7) is 7.13. The number of alkyl halides is 3. The largest absolute Gasteiger partial charge is 0.477 e. The van der Waals surface area contributed by atoms with Crippen LogP contribution in [0.5, 0.6) is 5.88 Å². The molecular formula is C26H36F3N5O4S. The Morgan fingerprint density at radius 2 is 2.00 bits per heavy atom. The average molecular weight is 572 g/mol. The van der Waals surface area contributed by atoms with Crippen molar-refractivity contribution in [2.24, 2.45) is 11.3 Å². The van der Waals surface area contributed by atoms with Gasteiger partial charge in [0.15, 0.2) is 5.82 Å². The quantitative estimate of drug-likeness (QED) is 0.258. The fourth-order valence-electron chi connectivity index (χ4n) is 5.45. The van der Waals surface area contributed by atoms with Crippen LogP contribution in [0.25, 0.3) is 5.82 Å². The van der Waals surface area contributed by atoms with Crippen molar-refractivity contribution in [2.45, 2.75) is 83.9 Å². The first-order valence-corrected chi connectivity index (χ1v) is 14.4. The van der Waals surface area contributed by atoms with Crippen LogP contribution < -0.4 is 14.4 Å². The number of carbonyl (C=O) groups is 1. The van der Waals surface area contributed by atoms with E-state index in [0.29, 0.717) is 24.1 Å². The average Bonchev–Trinajstić information content (AvgIpc) is 3.41. The van der Waals surface area contributed by atoms with Crippen LogP contribution in [0.4, 0.5) is 19.0 Å². The topological polar surface area (TPSA) is 110 Å². The van der Waals surface area contributed by atoms with Crippen LogP contribution in [-0.4, -0.2) is 54.3 Å². The van der Waals surface area contributed by atoms with Crippen molar-refractivity contribution >= 4 is 23.0 Å². The number of carbonyl (C=O) groups excluding carboxylic acids is 1. The third-order valence-corrected chi connectivity index (χ3v) is 8.13. The number of rotatable bonds is 12. The van der Waals surface area contributed by atoms with Gasteiger partial charge in [-0.15, -0.1) is 5.10 Å². The maximum Gasteiger partial charge on any atom is 0.394 e. The SMILES string of the molecule is CCCC[C@@H]1CN(c2nc(-n3ccc(OCCCC4(C(F)(F)F)CC4)n3)ccc2C(=O)NS(=O)O)C(C)(C)C1. The Morgan fingerprint density at radius 3 is 2.64 bits per heavy atom. The molecule has 2 aromatic heterocycles. The van der Waals surface area contributed by atoms with Gasteiger partial charge in [-0.3, -0.25) is 9.35 Å². The molecule has 2 N–H and O–H groups in total. The fraction of sp³-hybridized carbons (Fsp3) is 0.654. The molecule has 216 valence electrons. The number of halogens is 3. The highest BCUT2D eigenvalue weighted by molar-refractivity contribution is 7.77. The Morgan fingerprint density at radius 1 is 1.26 bits per heavy atom. The molecule has 9 nitrogen and oxygen atoms in total. The minimum atomic E-state index is -4.17. The van der Waals surface area contributed by atoms with Crippen molar-refractivity contribution in [1.82, 2.24) is 19.5 Å². The van der Waals surface area contributed by atoms with E-state index in [1.165, 1.54) is 4.68 Å². The number of pyridine rings is 1. The summed E-state index contributed by atoms with van der Waals surface area (Å²) in [5.41, 5.74) is -1.68. The minimum Gasteiger partial charge on any atom is -0.477 e. The molecule has 1 amide bonds. The highest BCUT2D eigenvalue weighted by atomic mass is 32.2. The smallest absolute Gasteiger partial charge is 0.394 e. The lowest BCUT2D eigenvalue weighted by Crippen LogP contribution is -2.40. The van der Waals surface area contributed by atoms with Crippen LogP contribution in [0.1, 0.15) is 82.5 Å². The van der Waals surface area contributed by atoms with Gasteiger partial charge < -0.3 is 9.64 Å². The van der Waals surface area contributed by atoms with Gasteiger partial charge in [0.2, 0.25) is 5.88 Å². The Bertz CT molecular complexity index is 1200. The van der Waals surface area contributed by atoms with Crippen molar-refractivity contribution in [3.05, 3.63) is 30.0 Å². The molecule has 2 aliphatic rings. The summed E-state index contributed by atoms with van der Waals surface area (Å²) in [4.78, 5) is 19.6. The highest BCUT2D eigenvalue weighted by Crippen LogP contribution is 2.60. The van der Waals surface area contributed by atoms with E-state index >= 15 is 0 Å². The minimum absolute atomic E-state index is 0.0369. The molecule has 1 saturated carbocycles. The Labute approximate surface area is 228 Å². The molecule has 1 saturated heterocycles. The van der Waals surface area contributed by atoms with E-state index in [9.17, 15) is 26.7 Å². The molecule has 4 rings (SSSR count). The van der Waals surface area contributed by atoms with Crippen molar-refractivity contribution in [3.63, 3.8) is 0 Å². The lowest BCUT2D eigenvalue weighted by atomic mass is 9.93. The zero-order valence-electron chi connectivity index (χ0n) is 22.5. The molecule has 0 bridgehead atoms. The monoisotopic (exact) mass is 571 g/mol. The standard InChI is InChI=1S/C26H36F3N5O4S/c1-4-5-7-18-16-24(2,3)33(17-18)22-19(23(35)32-39(36)37)8-9-20(30-22)34-14-10-21(31-34)38-15-6-11-25(12-13-25)26(27,28)29/h8-10,14,18H,4-7,11-13,15-17H2,1-3H3,(H,32,35)(H,36,37)/t18-/m0/s1. The van der Waals surface area contributed by atoms with E-state index in [-0.39, 0.29) is 49.3 Å². The molecule has 2 fully saturated rings. The zero-order chi connectivity index (χ0) is 28.4. The maximum absolute atomic E-state index is 13.1. The van der Waals surface area contributed by atoms with E-state index in [1.807, 2.05) is 4.72 Å². The molecule has 1 aliphatic heterocycles. The number of hydrogen-bond donors (Lipinski definition) is 2. The van der Waals surface area contributed by atoms with Crippen LogP contribution >= 0.6 is 0 Å². The summed E-state index contributed by atoms with van der Waals surface area (Å²) in [6, 6.07) is 4.73. The van der Waals surface area contributed by atoms with Crippen LogP contribution in [-0.2, 0) is 11.3 Å². The number of aromatic nitrogens is 3. The predicted octanol–water partition coefficient (Wildman–Crippen LogP) is 5.43. The molecule has 39 heavy (non-hydrogen) atoms. The predicted molar refractivity (Wildman–Crippen MR) is 141 cm³/mol. The first-order chi connectivity index (χ1) is 18.3. The molecule has 2 aromatic rings. The third-order valence-electron chi connectivity index (χ3n) is 7.77. The van der Waals surface area contributed by atoms with Gasteiger partial charge in [-0.1, -0.05) is 19.8 Å². The van der Waals surface area contributed by atoms with Crippen molar-refractivity contribution < 1.29 is 31.5 Å². The molecule has 2 atom stereocenters. The molecule has 3 heterocycles. The lowest BCUT2D eigenvalue weighted by Gasteiger charge is -2.33. The van der Waals surface area contributed by atoms with Gasteiger partial charge in [0.1, 0.15) is 5.82 Å². The van der Waals surface area contributed by atoms with Gasteiger partial charge in [-0.05, 0) is 70.4 Å². The van der Waals surface area contributed by atoms with Crippen LogP contribution in [0.15, 0.2) is 24.4 Å². The van der Waals surface area contributed by atoms with Gasteiger partial charge in [0.25, 0.3) is 17.2 Å². The second kappa shape index (κ2) is 11.4. The Balaban J connectivity index is 1.51. The van der Waals surface area contributed by atoms with Crippen LogP contribution in [0.3, 0.4) is 0 Å². The van der Waals surface area contributed by atoms with Gasteiger partial charge in [0.05, 0.1) is 17.6 Å². The van der Waals surface area contributed by atoms with Crippen molar-refractivity contribution in [1.29, 1.82) is 0 Å². The number of nitrogens with one attached hydrogen (secondary N) is 1. The van der Waals surface area contributed by atoms with E-state index in [1.54, 1.807) is 24.4 Å². The van der Waals surface area contributed by atoms with Gasteiger partial charge >= 0.3 is 6.18 Å². The van der Waals surface area contributed by atoms with E-state index < -0.39 is 28.8 Å². The Hall–Kier alpha value is -2.67. The summed E-state index contributed by atoms with van der Waals surface area (Å²) >= 11 is -2.53. The van der Waals surface area contributed by atoms with Gasteiger partial charge in [-0.2, -0.15) is 13.2 Å². The fourth-order valence-corrected chi connectivity index (χ4v) is 5.72. The van der Waals surface area contributed by atoms with E-state index in [0.717, 1.165) is 25.7 Å². The number of unbranched alkanes of at least 4 members (excludes halogenated alkanes) is 1. The number of hydrogen-bond acceptors (Lipinski definition) is 6. The second-order valence-corrected chi connectivity index (χ2v) is 11.9. The molecule has 0 spiro atoms. The normalized spacial score (nSPS) is 20.6. The molecular weight excluding hydrogens is 535 g/mol. The van der Waals surface area contributed by atoms with E-state index in [4.69, 9.17) is 9.72 Å². The summed E-state index contributed by atoms with van der Waals surface area (Å²) in [6.07, 6.45) is 2.28. The van der Waals surface area contributed by atoms with Crippen molar-refractivity contribution in [2.75, 3.05) is 18.1 Å². The highest BCUT2D eigenvalue weighted by Gasteiger charge is 2.62. The number of nitrogens with zero attached hydrogens (tertiary/aromatic N) is 4. The summed E-state index contributed by atoms with van der Waals surface area (Å²) in [7, 11) is 0. The summed E-state index contributed by atoms with van der Waals surface area (Å²) in [5, 5.41) is 4.36. The van der Waals surface area contributed by atoms with Crippen molar-refractivity contribution in [3.8, 4) is 11.7 Å². The number of amides is 1. The summed E-state index contributed by atoms with van der Waals surface area (Å²) < 4.78 is 69.0. The van der Waals surface area contributed by atoms with Crippen LogP contribution in [0, 0.1) is 11.3 Å².